The molecule has 5 heteroatoms. The molecule has 1 aliphatic heterocycles. The summed E-state index contributed by atoms with van der Waals surface area (Å²) in [5.74, 6) is 0. The van der Waals surface area contributed by atoms with Crippen molar-refractivity contribution in [2.24, 2.45) is 0 Å². The number of nitro benzene ring substituents is 1. The molecule has 1 heterocycles. The molecule has 0 radical (unpaired) electrons. The Labute approximate surface area is 94.0 Å². The molecule has 86 valence electrons. The summed E-state index contributed by atoms with van der Waals surface area (Å²) in [4.78, 5) is 12.5. The number of likely N-dealkylation sites (tertiary alicyclic amines) is 1. The predicted molar refractivity (Wildman–Crippen MR) is 62.0 cm³/mol. The molecule has 0 amide bonds. The van der Waals surface area contributed by atoms with E-state index >= 15 is 0 Å². The summed E-state index contributed by atoms with van der Waals surface area (Å²) < 4.78 is 0. The summed E-state index contributed by atoms with van der Waals surface area (Å²) in [6.07, 6.45) is 2.41. The van der Waals surface area contributed by atoms with Gasteiger partial charge in [-0.15, -0.1) is 0 Å². The van der Waals surface area contributed by atoms with Gasteiger partial charge in [-0.2, -0.15) is 0 Å². The number of hydrogen-bond acceptors (Lipinski definition) is 4. The van der Waals surface area contributed by atoms with Gasteiger partial charge in [-0.25, -0.2) is 0 Å². The number of rotatable bonds is 3. The Kier molecular flexibility index (Phi) is 3.05. The minimum absolute atomic E-state index is 0.114. The lowest BCUT2D eigenvalue weighted by atomic mass is 10.1. The Bertz CT molecular complexity index is 400. The molecule has 0 aliphatic carbocycles. The van der Waals surface area contributed by atoms with Crippen LogP contribution in [0.25, 0.3) is 0 Å². The van der Waals surface area contributed by atoms with Crippen LogP contribution < -0.4 is 5.73 Å². The maximum absolute atomic E-state index is 10.7. The standard InChI is InChI=1S/C11H15N3O2/c12-11-4-3-10(14(15)16)7-9(11)8-13-5-1-2-6-13/h3-4,7H,1-2,5-6,8,12H2. The van der Waals surface area contributed by atoms with Gasteiger partial charge >= 0.3 is 0 Å². The summed E-state index contributed by atoms with van der Waals surface area (Å²) >= 11 is 0. The van der Waals surface area contributed by atoms with Gasteiger partial charge in [-0.05, 0) is 37.6 Å². The smallest absolute Gasteiger partial charge is 0.269 e. The van der Waals surface area contributed by atoms with E-state index in [0.29, 0.717) is 12.2 Å². The zero-order chi connectivity index (χ0) is 11.5. The molecule has 16 heavy (non-hydrogen) atoms. The van der Waals surface area contributed by atoms with Gasteiger partial charge in [-0.3, -0.25) is 15.0 Å². The zero-order valence-electron chi connectivity index (χ0n) is 9.06. The number of nitrogens with two attached hydrogens (primary N) is 1. The Balaban J connectivity index is 2.17. The minimum Gasteiger partial charge on any atom is -0.398 e. The molecular formula is C11H15N3O2. The summed E-state index contributed by atoms with van der Waals surface area (Å²) in [5.41, 5.74) is 7.43. The number of nitrogen functional groups attached to an aromatic ring is 1. The lowest BCUT2D eigenvalue weighted by Crippen LogP contribution is -2.19. The third kappa shape index (κ3) is 2.30. The van der Waals surface area contributed by atoms with Crippen molar-refractivity contribution >= 4 is 11.4 Å². The fourth-order valence-electron chi connectivity index (χ4n) is 2.02. The first-order valence-electron chi connectivity index (χ1n) is 5.42. The molecule has 0 bridgehead atoms. The number of hydrogen-bond donors (Lipinski definition) is 1. The lowest BCUT2D eigenvalue weighted by molar-refractivity contribution is -0.384. The predicted octanol–water partition coefficient (Wildman–Crippen LogP) is 1.77. The Morgan fingerprint density at radius 1 is 1.38 bits per heavy atom. The molecule has 1 aromatic rings. The fraction of sp³-hybridized carbons (Fsp3) is 0.455. The van der Waals surface area contributed by atoms with E-state index in [1.807, 2.05) is 0 Å². The molecule has 1 fully saturated rings. The summed E-state index contributed by atoms with van der Waals surface area (Å²) in [6.45, 7) is 2.83. The van der Waals surface area contributed by atoms with Gasteiger partial charge in [0.15, 0.2) is 0 Å². The molecule has 0 spiro atoms. The average molecular weight is 221 g/mol. The molecule has 0 aromatic heterocycles. The van der Waals surface area contributed by atoms with E-state index in [0.717, 1.165) is 18.7 Å². The first-order chi connectivity index (χ1) is 7.66. The monoisotopic (exact) mass is 221 g/mol. The van der Waals surface area contributed by atoms with Crippen LogP contribution in [0.2, 0.25) is 0 Å². The molecule has 0 saturated carbocycles. The van der Waals surface area contributed by atoms with Crippen molar-refractivity contribution in [2.75, 3.05) is 18.8 Å². The van der Waals surface area contributed by atoms with Crippen LogP contribution in [0.1, 0.15) is 18.4 Å². The maximum Gasteiger partial charge on any atom is 0.269 e. The van der Waals surface area contributed by atoms with Crippen molar-refractivity contribution in [1.29, 1.82) is 0 Å². The zero-order valence-corrected chi connectivity index (χ0v) is 9.06. The van der Waals surface area contributed by atoms with Crippen LogP contribution >= 0.6 is 0 Å². The highest BCUT2D eigenvalue weighted by Crippen LogP contribution is 2.22. The topological polar surface area (TPSA) is 72.4 Å². The molecule has 1 saturated heterocycles. The highest BCUT2D eigenvalue weighted by Gasteiger charge is 2.15. The van der Waals surface area contributed by atoms with Crippen LogP contribution in [-0.4, -0.2) is 22.9 Å². The number of non-ortho nitro benzene ring substituents is 1. The third-order valence-electron chi connectivity index (χ3n) is 2.93. The van der Waals surface area contributed by atoms with Crippen LogP contribution in [0.15, 0.2) is 18.2 Å². The van der Waals surface area contributed by atoms with Gasteiger partial charge in [0.05, 0.1) is 4.92 Å². The van der Waals surface area contributed by atoms with E-state index in [1.54, 1.807) is 12.1 Å². The van der Waals surface area contributed by atoms with Gasteiger partial charge in [-0.1, -0.05) is 0 Å². The van der Waals surface area contributed by atoms with Crippen molar-refractivity contribution in [3.05, 3.63) is 33.9 Å². The van der Waals surface area contributed by atoms with Gasteiger partial charge < -0.3 is 5.73 Å². The molecule has 2 N–H and O–H groups in total. The summed E-state index contributed by atoms with van der Waals surface area (Å²) in [5, 5.41) is 10.7. The van der Waals surface area contributed by atoms with Crippen LogP contribution in [0.3, 0.4) is 0 Å². The molecular weight excluding hydrogens is 206 g/mol. The highest BCUT2D eigenvalue weighted by atomic mass is 16.6. The summed E-state index contributed by atoms with van der Waals surface area (Å²) in [7, 11) is 0. The van der Waals surface area contributed by atoms with Crippen molar-refractivity contribution in [2.45, 2.75) is 19.4 Å². The minimum atomic E-state index is -0.382. The molecule has 1 aromatic carbocycles. The largest absolute Gasteiger partial charge is 0.398 e. The van der Waals surface area contributed by atoms with Crippen molar-refractivity contribution < 1.29 is 4.92 Å². The van der Waals surface area contributed by atoms with E-state index in [1.165, 1.54) is 18.9 Å². The Hall–Kier alpha value is -1.62. The Morgan fingerprint density at radius 2 is 2.06 bits per heavy atom. The van der Waals surface area contributed by atoms with Gasteiger partial charge in [0.2, 0.25) is 0 Å². The second-order valence-corrected chi connectivity index (χ2v) is 4.12. The normalized spacial score (nSPS) is 16.5. The van der Waals surface area contributed by atoms with Gasteiger partial charge in [0.25, 0.3) is 5.69 Å². The second-order valence-electron chi connectivity index (χ2n) is 4.12. The first kappa shape index (κ1) is 10.9. The van der Waals surface area contributed by atoms with Crippen LogP contribution in [-0.2, 0) is 6.54 Å². The number of nitrogens with zero attached hydrogens (tertiary/aromatic N) is 2. The third-order valence-corrected chi connectivity index (χ3v) is 2.93. The van der Waals surface area contributed by atoms with Crippen molar-refractivity contribution in [3.63, 3.8) is 0 Å². The first-order valence-corrected chi connectivity index (χ1v) is 5.42. The van der Waals surface area contributed by atoms with E-state index in [2.05, 4.69) is 4.90 Å². The van der Waals surface area contributed by atoms with Crippen LogP contribution in [0.5, 0.6) is 0 Å². The quantitative estimate of drug-likeness (QED) is 0.479. The lowest BCUT2D eigenvalue weighted by Gasteiger charge is -2.15. The second kappa shape index (κ2) is 4.49. The molecule has 0 atom stereocenters. The van der Waals surface area contributed by atoms with E-state index in [-0.39, 0.29) is 10.6 Å². The SMILES string of the molecule is Nc1ccc([N+](=O)[O-])cc1CN1CCCC1. The van der Waals surface area contributed by atoms with Crippen molar-refractivity contribution in [3.8, 4) is 0 Å². The number of nitro groups is 1. The average Bonchev–Trinajstić information content (AvgIpc) is 2.73. The Morgan fingerprint density at radius 3 is 2.69 bits per heavy atom. The summed E-state index contributed by atoms with van der Waals surface area (Å²) in [6, 6.07) is 4.64. The van der Waals surface area contributed by atoms with Crippen LogP contribution in [0, 0.1) is 10.1 Å². The van der Waals surface area contributed by atoms with Crippen molar-refractivity contribution in [1.82, 2.24) is 4.90 Å². The van der Waals surface area contributed by atoms with Gasteiger partial charge in [0.1, 0.15) is 0 Å². The number of benzene rings is 1. The van der Waals surface area contributed by atoms with Gasteiger partial charge in [0, 0.05) is 24.4 Å². The molecule has 0 unspecified atom stereocenters. The highest BCUT2D eigenvalue weighted by molar-refractivity contribution is 5.52. The number of anilines is 1. The fourth-order valence-corrected chi connectivity index (χ4v) is 2.02. The maximum atomic E-state index is 10.7. The van der Waals surface area contributed by atoms with E-state index in [4.69, 9.17) is 5.73 Å². The molecule has 1 aliphatic rings. The molecule has 5 nitrogen and oxygen atoms in total. The van der Waals surface area contributed by atoms with E-state index < -0.39 is 0 Å². The van der Waals surface area contributed by atoms with Crippen LogP contribution in [0.4, 0.5) is 11.4 Å². The molecule has 2 rings (SSSR count). The van der Waals surface area contributed by atoms with E-state index in [9.17, 15) is 10.1 Å².